The second-order valence-electron chi connectivity index (χ2n) is 6.69. The summed E-state index contributed by atoms with van der Waals surface area (Å²) in [6.45, 7) is 2.06. The largest absolute Gasteiger partial charge is 0.445 e. The van der Waals surface area contributed by atoms with E-state index in [-0.39, 0.29) is 11.7 Å². The summed E-state index contributed by atoms with van der Waals surface area (Å²) in [5.74, 6) is 3.11. The van der Waals surface area contributed by atoms with E-state index in [4.69, 9.17) is 4.42 Å². The molecular weight excluding hydrogens is 378 g/mol. The van der Waals surface area contributed by atoms with Crippen LogP contribution >= 0.6 is 23.1 Å². The lowest BCUT2D eigenvalue weighted by Crippen LogP contribution is -2.34. The molecule has 0 aromatic carbocycles. The highest BCUT2D eigenvalue weighted by Gasteiger charge is 2.37. The quantitative estimate of drug-likeness (QED) is 0.399. The summed E-state index contributed by atoms with van der Waals surface area (Å²) in [5, 5.41) is 1.10. The van der Waals surface area contributed by atoms with Crippen molar-refractivity contribution in [2.45, 2.75) is 42.6 Å². The van der Waals surface area contributed by atoms with Crippen molar-refractivity contribution >= 4 is 28.9 Å². The number of hydrogen-bond acceptors (Lipinski definition) is 7. The first-order chi connectivity index (χ1) is 13.2. The molecule has 0 N–H and O–H groups in total. The maximum absolute atomic E-state index is 12.6. The monoisotopic (exact) mass is 399 g/mol. The Labute approximate surface area is 166 Å². The highest BCUT2D eigenvalue weighted by molar-refractivity contribution is 8.00. The van der Waals surface area contributed by atoms with Gasteiger partial charge in [-0.1, -0.05) is 6.92 Å². The van der Waals surface area contributed by atoms with Crippen molar-refractivity contribution in [1.82, 2.24) is 15.0 Å². The van der Waals surface area contributed by atoms with Crippen LogP contribution in [0.25, 0.3) is 0 Å². The van der Waals surface area contributed by atoms with Gasteiger partial charge in [0.2, 0.25) is 5.89 Å². The van der Waals surface area contributed by atoms with Crippen LogP contribution in [-0.2, 0) is 18.6 Å². The molecule has 27 heavy (non-hydrogen) atoms. The number of nitrogens with zero attached hydrogens (tertiary/aromatic N) is 3. The molecule has 0 bridgehead atoms. The lowest BCUT2D eigenvalue weighted by atomic mass is 9.69. The minimum absolute atomic E-state index is 0.106. The Morgan fingerprint density at radius 2 is 2.22 bits per heavy atom. The second-order valence-corrected chi connectivity index (χ2v) is 9.08. The summed E-state index contributed by atoms with van der Waals surface area (Å²) in [4.78, 5) is 25.6. The number of Topliss-reactive ketones (excluding diaryl/α,β-unsaturated/α-hetero) is 1. The fourth-order valence-electron chi connectivity index (χ4n) is 3.27. The molecule has 5 nitrogen and oxygen atoms in total. The number of aromatic nitrogens is 3. The van der Waals surface area contributed by atoms with Crippen molar-refractivity contribution in [3.8, 4) is 0 Å². The van der Waals surface area contributed by atoms with E-state index in [0.29, 0.717) is 11.7 Å². The lowest BCUT2D eigenvalue weighted by molar-refractivity contribution is 0.0738. The fraction of sp³-hybridized carbons (Fsp3) is 0.400. The zero-order valence-corrected chi connectivity index (χ0v) is 16.8. The van der Waals surface area contributed by atoms with Crippen LogP contribution in [0.3, 0.4) is 0 Å². The van der Waals surface area contributed by atoms with Gasteiger partial charge in [0, 0.05) is 36.7 Å². The average Bonchev–Trinajstić information content (AvgIpc) is 3.33. The standard InChI is InChI=1S/C20H21N3O2S2/c1-2-15-10-22-17(25-15)12-26-19-11-23-18(27-19)8-13-5-6-16(13)20(24)14-4-3-7-21-9-14/h3-4,7,9-11,13,16H,2,5-6,8,12H2,1H3. The molecule has 1 aliphatic rings. The number of carbonyl (C=O) groups excluding carboxylic acids is 1. The van der Waals surface area contributed by atoms with Crippen molar-refractivity contribution in [2.75, 3.05) is 0 Å². The number of rotatable bonds is 8. The van der Waals surface area contributed by atoms with Crippen LogP contribution in [0.5, 0.6) is 0 Å². The van der Waals surface area contributed by atoms with Crippen LogP contribution in [0.15, 0.2) is 45.5 Å². The number of carbonyl (C=O) groups is 1. The van der Waals surface area contributed by atoms with Crippen LogP contribution in [0.1, 0.15) is 46.8 Å². The molecule has 1 saturated carbocycles. The highest BCUT2D eigenvalue weighted by Crippen LogP contribution is 2.40. The fourth-order valence-corrected chi connectivity index (χ4v) is 5.24. The highest BCUT2D eigenvalue weighted by atomic mass is 32.2. The average molecular weight is 400 g/mol. The van der Waals surface area contributed by atoms with Gasteiger partial charge < -0.3 is 4.42 Å². The van der Waals surface area contributed by atoms with Crippen LogP contribution in [0.2, 0.25) is 0 Å². The molecule has 140 valence electrons. The summed E-state index contributed by atoms with van der Waals surface area (Å²) in [5.41, 5.74) is 0.722. The van der Waals surface area contributed by atoms with Gasteiger partial charge in [-0.3, -0.25) is 9.78 Å². The first-order valence-electron chi connectivity index (χ1n) is 9.18. The summed E-state index contributed by atoms with van der Waals surface area (Å²) in [7, 11) is 0. The minimum Gasteiger partial charge on any atom is -0.445 e. The summed E-state index contributed by atoms with van der Waals surface area (Å²) in [6, 6.07) is 3.68. The molecule has 0 radical (unpaired) electrons. The van der Waals surface area contributed by atoms with E-state index in [1.165, 1.54) is 0 Å². The third-order valence-electron chi connectivity index (χ3n) is 4.96. The van der Waals surface area contributed by atoms with Crippen LogP contribution in [0.4, 0.5) is 0 Å². The number of pyridine rings is 1. The summed E-state index contributed by atoms with van der Waals surface area (Å²) < 4.78 is 6.81. The lowest BCUT2D eigenvalue weighted by Gasteiger charge is -2.35. The SMILES string of the molecule is CCc1cnc(CSc2cnc(CC3CCC3C(=O)c3cccnc3)s2)o1. The first-order valence-corrected chi connectivity index (χ1v) is 11.0. The maximum Gasteiger partial charge on any atom is 0.204 e. The number of thioether (sulfide) groups is 1. The molecule has 1 fully saturated rings. The Hall–Kier alpha value is -1.99. The van der Waals surface area contributed by atoms with E-state index < -0.39 is 0 Å². The topological polar surface area (TPSA) is 68.9 Å². The van der Waals surface area contributed by atoms with E-state index in [0.717, 1.165) is 52.1 Å². The van der Waals surface area contributed by atoms with Crippen molar-refractivity contribution in [3.05, 3.63) is 59.1 Å². The molecule has 2 atom stereocenters. The summed E-state index contributed by atoms with van der Waals surface area (Å²) >= 11 is 3.41. The van der Waals surface area contributed by atoms with Crippen LogP contribution in [-0.4, -0.2) is 20.7 Å². The third kappa shape index (κ3) is 4.30. The van der Waals surface area contributed by atoms with Crippen molar-refractivity contribution in [2.24, 2.45) is 11.8 Å². The molecule has 0 spiro atoms. The van der Waals surface area contributed by atoms with Gasteiger partial charge in [0.15, 0.2) is 5.78 Å². The van der Waals surface area contributed by atoms with Gasteiger partial charge in [0.05, 0.1) is 27.4 Å². The molecule has 3 aromatic rings. The molecule has 3 aromatic heterocycles. The van der Waals surface area contributed by atoms with E-state index >= 15 is 0 Å². The molecule has 2 unspecified atom stereocenters. The molecule has 7 heteroatoms. The zero-order valence-electron chi connectivity index (χ0n) is 15.1. The molecular formula is C20H21N3O2S2. The number of aryl methyl sites for hydroxylation is 1. The Morgan fingerprint density at radius 1 is 1.30 bits per heavy atom. The van der Waals surface area contributed by atoms with Gasteiger partial charge in [-0.15, -0.1) is 23.1 Å². The molecule has 3 heterocycles. The molecule has 0 saturated heterocycles. The van der Waals surface area contributed by atoms with Gasteiger partial charge >= 0.3 is 0 Å². The van der Waals surface area contributed by atoms with Crippen molar-refractivity contribution in [3.63, 3.8) is 0 Å². The number of oxazole rings is 1. The van der Waals surface area contributed by atoms with Gasteiger partial charge in [-0.25, -0.2) is 9.97 Å². The van der Waals surface area contributed by atoms with Gasteiger partial charge in [0.25, 0.3) is 0 Å². The van der Waals surface area contributed by atoms with E-state index in [1.807, 2.05) is 18.3 Å². The Kier molecular flexibility index (Phi) is 5.69. The number of ketones is 1. The molecule has 4 rings (SSSR count). The molecule has 0 amide bonds. The Bertz CT molecular complexity index is 907. The maximum atomic E-state index is 12.6. The Morgan fingerprint density at radius 3 is 2.93 bits per heavy atom. The Balaban J connectivity index is 1.32. The summed E-state index contributed by atoms with van der Waals surface area (Å²) in [6.07, 6.45) is 10.9. The molecule has 0 aliphatic heterocycles. The van der Waals surface area contributed by atoms with Gasteiger partial charge in [-0.05, 0) is 30.9 Å². The predicted molar refractivity (Wildman–Crippen MR) is 106 cm³/mol. The second kappa shape index (κ2) is 8.35. The normalized spacial score (nSPS) is 19.0. The van der Waals surface area contributed by atoms with E-state index in [1.54, 1.807) is 41.7 Å². The zero-order chi connectivity index (χ0) is 18.6. The minimum atomic E-state index is 0.106. The number of hydrogen-bond donors (Lipinski definition) is 0. The van der Waals surface area contributed by atoms with Crippen LogP contribution in [0, 0.1) is 11.8 Å². The first kappa shape index (κ1) is 18.4. The van der Waals surface area contributed by atoms with Gasteiger partial charge in [0.1, 0.15) is 5.76 Å². The number of thiazole rings is 1. The van der Waals surface area contributed by atoms with Crippen molar-refractivity contribution < 1.29 is 9.21 Å². The van der Waals surface area contributed by atoms with E-state index in [9.17, 15) is 4.79 Å². The third-order valence-corrected chi connectivity index (χ3v) is 7.16. The van der Waals surface area contributed by atoms with E-state index in [2.05, 4.69) is 21.9 Å². The predicted octanol–water partition coefficient (Wildman–Crippen LogP) is 4.83. The van der Waals surface area contributed by atoms with Gasteiger partial charge in [-0.2, -0.15) is 0 Å². The molecule has 1 aliphatic carbocycles. The van der Waals surface area contributed by atoms with Crippen molar-refractivity contribution in [1.29, 1.82) is 0 Å². The smallest absolute Gasteiger partial charge is 0.204 e. The van der Waals surface area contributed by atoms with Crippen LogP contribution < -0.4 is 0 Å².